The van der Waals surface area contributed by atoms with Gasteiger partial charge in [-0.15, -0.1) is 0 Å². The Morgan fingerprint density at radius 1 is 1.10 bits per heavy atom. The first kappa shape index (κ1) is 14.9. The molecule has 2 aromatic carbocycles. The predicted molar refractivity (Wildman–Crippen MR) is 97.5 cm³/mol. The van der Waals surface area contributed by atoms with E-state index in [1.54, 1.807) is 0 Å². The Labute approximate surface area is 140 Å². The lowest BCUT2D eigenvalue weighted by Gasteiger charge is -2.33. The van der Waals surface area contributed by atoms with Gasteiger partial charge >= 0.3 is 0 Å². The van der Waals surface area contributed by atoms with Crippen LogP contribution < -0.4 is 5.32 Å². The van der Waals surface area contributed by atoms with Crippen molar-refractivity contribution < 1.29 is 0 Å². The number of rotatable bonds is 4. The predicted octanol–water partition coefficient (Wildman–Crippen LogP) is 4.37. The smallest absolute Gasteiger partial charge is 0.0389 e. The Hall–Kier alpha value is -1.07. The van der Waals surface area contributed by atoms with Gasteiger partial charge in [-0.3, -0.25) is 4.90 Å². The number of anilines is 1. The maximum atomic E-state index is 3.69. The normalized spacial score (nSPS) is 19.4. The second kappa shape index (κ2) is 7.27. The van der Waals surface area contributed by atoms with E-state index in [2.05, 4.69) is 87.4 Å². The topological polar surface area (TPSA) is 15.3 Å². The summed E-state index contributed by atoms with van der Waals surface area (Å²) in [6.45, 7) is 3.39. The number of nitrogens with zero attached hydrogens (tertiary/aromatic N) is 1. The van der Waals surface area contributed by atoms with E-state index in [1.807, 2.05) is 0 Å². The van der Waals surface area contributed by atoms with E-state index in [-0.39, 0.29) is 0 Å². The summed E-state index contributed by atoms with van der Waals surface area (Å²) < 4.78 is 1.29. The molecule has 0 spiro atoms. The molecule has 1 N–H and O–H groups in total. The van der Waals surface area contributed by atoms with Crippen LogP contribution in [0, 0.1) is 3.57 Å². The molecule has 1 aliphatic rings. The molecule has 110 valence electrons. The van der Waals surface area contributed by atoms with Crippen molar-refractivity contribution in [1.82, 2.24) is 4.90 Å². The lowest BCUT2D eigenvalue weighted by Crippen LogP contribution is -2.41. The fourth-order valence-electron chi connectivity index (χ4n) is 2.97. The van der Waals surface area contributed by atoms with Gasteiger partial charge in [0.05, 0.1) is 0 Å². The van der Waals surface area contributed by atoms with Crippen molar-refractivity contribution in [3.05, 3.63) is 63.7 Å². The highest BCUT2D eigenvalue weighted by Crippen LogP contribution is 2.19. The molecule has 0 saturated carbocycles. The molecular formula is C18H21IN2. The summed E-state index contributed by atoms with van der Waals surface area (Å²) in [6, 6.07) is 20.0. The molecule has 1 heterocycles. The largest absolute Gasteiger partial charge is 0.381 e. The number of hydrogen-bond acceptors (Lipinski definition) is 2. The Kier molecular flexibility index (Phi) is 5.14. The van der Waals surface area contributed by atoms with Gasteiger partial charge in [0.25, 0.3) is 0 Å². The Morgan fingerprint density at radius 2 is 1.95 bits per heavy atom. The minimum atomic E-state index is 0.556. The third-order valence-electron chi connectivity index (χ3n) is 3.95. The second-order valence-electron chi connectivity index (χ2n) is 5.71. The summed E-state index contributed by atoms with van der Waals surface area (Å²) in [7, 11) is 0. The van der Waals surface area contributed by atoms with Gasteiger partial charge < -0.3 is 5.32 Å². The van der Waals surface area contributed by atoms with Crippen molar-refractivity contribution in [2.45, 2.75) is 25.4 Å². The number of halogens is 1. The van der Waals surface area contributed by atoms with Gasteiger partial charge in [0, 0.05) is 28.4 Å². The zero-order valence-corrected chi connectivity index (χ0v) is 14.3. The van der Waals surface area contributed by atoms with Crippen molar-refractivity contribution in [2.24, 2.45) is 0 Å². The summed E-state index contributed by atoms with van der Waals surface area (Å²) in [5, 5.41) is 3.69. The number of hydrogen-bond donors (Lipinski definition) is 1. The average Bonchev–Trinajstić information content (AvgIpc) is 2.49. The number of nitrogens with one attached hydrogen (secondary N) is 1. The summed E-state index contributed by atoms with van der Waals surface area (Å²) in [5.41, 5.74) is 2.65. The first-order valence-corrected chi connectivity index (χ1v) is 8.66. The number of benzene rings is 2. The van der Waals surface area contributed by atoms with E-state index < -0.39 is 0 Å². The third-order valence-corrected chi connectivity index (χ3v) is 4.62. The van der Waals surface area contributed by atoms with Gasteiger partial charge in [0.15, 0.2) is 0 Å². The molecule has 0 amide bonds. The van der Waals surface area contributed by atoms with E-state index in [1.165, 1.54) is 34.2 Å². The second-order valence-corrected chi connectivity index (χ2v) is 6.96. The molecule has 2 nitrogen and oxygen atoms in total. The van der Waals surface area contributed by atoms with Gasteiger partial charge in [-0.25, -0.2) is 0 Å². The first-order chi connectivity index (χ1) is 10.3. The Morgan fingerprint density at radius 3 is 2.76 bits per heavy atom. The quantitative estimate of drug-likeness (QED) is 0.778. The zero-order valence-electron chi connectivity index (χ0n) is 12.1. The molecule has 21 heavy (non-hydrogen) atoms. The monoisotopic (exact) mass is 392 g/mol. The van der Waals surface area contributed by atoms with Crippen molar-refractivity contribution >= 4 is 28.3 Å². The summed E-state index contributed by atoms with van der Waals surface area (Å²) in [6.07, 6.45) is 2.53. The minimum Gasteiger partial charge on any atom is -0.381 e. The standard InChI is InChI=1S/C18H21IN2/c19-16-8-4-9-17(12-16)20-18-10-5-11-21(14-18)13-15-6-2-1-3-7-15/h1-4,6-9,12,18,20H,5,10-11,13-14H2. The van der Waals surface area contributed by atoms with E-state index in [0.29, 0.717) is 6.04 Å². The van der Waals surface area contributed by atoms with Gasteiger partial charge in [-0.05, 0) is 65.7 Å². The zero-order chi connectivity index (χ0) is 14.5. The molecular weight excluding hydrogens is 371 g/mol. The lowest BCUT2D eigenvalue weighted by molar-refractivity contribution is 0.208. The SMILES string of the molecule is Ic1cccc(NC2CCCN(Cc3ccccc3)C2)c1. The number of piperidine rings is 1. The van der Waals surface area contributed by atoms with Gasteiger partial charge in [-0.2, -0.15) is 0 Å². The van der Waals surface area contributed by atoms with Crippen molar-refractivity contribution in [3.8, 4) is 0 Å². The lowest BCUT2D eigenvalue weighted by atomic mass is 10.0. The van der Waals surface area contributed by atoms with E-state index in [0.717, 1.165) is 13.1 Å². The average molecular weight is 392 g/mol. The maximum Gasteiger partial charge on any atom is 0.0389 e. The highest BCUT2D eigenvalue weighted by Gasteiger charge is 2.19. The highest BCUT2D eigenvalue weighted by atomic mass is 127. The van der Waals surface area contributed by atoms with Gasteiger partial charge in [0.2, 0.25) is 0 Å². The molecule has 0 aliphatic carbocycles. The summed E-state index contributed by atoms with van der Waals surface area (Å²) in [5.74, 6) is 0. The molecule has 1 unspecified atom stereocenters. The van der Waals surface area contributed by atoms with Crippen LogP contribution in [0.1, 0.15) is 18.4 Å². The molecule has 0 radical (unpaired) electrons. The molecule has 1 aliphatic heterocycles. The molecule has 1 fully saturated rings. The minimum absolute atomic E-state index is 0.556. The van der Waals surface area contributed by atoms with Crippen molar-refractivity contribution in [2.75, 3.05) is 18.4 Å². The van der Waals surface area contributed by atoms with Crippen LogP contribution in [0.3, 0.4) is 0 Å². The van der Waals surface area contributed by atoms with Crippen LogP contribution >= 0.6 is 22.6 Å². The van der Waals surface area contributed by atoms with Crippen LogP contribution in [0.4, 0.5) is 5.69 Å². The first-order valence-electron chi connectivity index (χ1n) is 7.58. The van der Waals surface area contributed by atoms with Crippen LogP contribution in [0.2, 0.25) is 0 Å². The molecule has 2 aromatic rings. The van der Waals surface area contributed by atoms with Gasteiger partial charge in [0.1, 0.15) is 0 Å². The molecule has 0 aromatic heterocycles. The highest BCUT2D eigenvalue weighted by molar-refractivity contribution is 14.1. The molecule has 1 saturated heterocycles. The van der Waals surface area contributed by atoms with Crippen LogP contribution in [0.25, 0.3) is 0 Å². The molecule has 3 heteroatoms. The van der Waals surface area contributed by atoms with Gasteiger partial charge in [-0.1, -0.05) is 36.4 Å². The number of likely N-dealkylation sites (tertiary alicyclic amines) is 1. The van der Waals surface area contributed by atoms with Crippen LogP contribution in [-0.2, 0) is 6.54 Å². The Bertz CT molecular complexity index is 570. The summed E-state index contributed by atoms with van der Waals surface area (Å²) >= 11 is 2.37. The van der Waals surface area contributed by atoms with E-state index >= 15 is 0 Å². The molecule has 3 rings (SSSR count). The molecule has 0 bridgehead atoms. The van der Waals surface area contributed by atoms with Crippen molar-refractivity contribution in [1.29, 1.82) is 0 Å². The fraction of sp³-hybridized carbons (Fsp3) is 0.333. The van der Waals surface area contributed by atoms with Crippen molar-refractivity contribution in [3.63, 3.8) is 0 Å². The third kappa shape index (κ3) is 4.45. The molecule has 1 atom stereocenters. The van der Waals surface area contributed by atoms with E-state index in [9.17, 15) is 0 Å². The van der Waals surface area contributed by atoms with Crippen LogP contribution in [0.5, 0.6) is 0 Å². The van der Waals surface area contributed by atoms with Crippen LogP contribution in [0.15, 0.2) is 54.6 Å². The fourth-order valence-corrected chi connectivity index (χ4v) is 3.52. The Balaban J connectivity index is 1.58. The summed E-state index contributed by atoms with van der Waals surface area (Å²) in [4.78, 5) is 2.56. The maximum absolute atomic E-state index is 3.69. The van der Waals surface area contributed by atoms with E-state index in [4.69, 9.17) is 0 Å². The van der Waals surface area contributed by atoms with Crippen LogP contribution in [-0.4, -0.2) is 24.0 Å².